The average molecular weight is 427 g/mol. The molecule has 2 unspecified atom stereocenters. The highest BCUT2D eigenvalue weighted by molar-refractivity contribution is 7.13. The summed E-state index contributed by atoms with van der Waals surface area (Å²) in [7, 11) is 0. The van der Waals surface area contributed by atoms with Crippen LogP contribution >= 0.6 is 11.3 Å². The van der Waals surface area contributed by atoms with Crippen LogP contribution in [0, 0.1) is 12.8 Å². The van der Waals surface area contributed by atoms with Crippen LogP contribution in [0.3, 0.4) is 0 Å². The number of aromatic nitrogens is 1. The minimum Gasteiger partial charge on any atom is -0.465 e. The maximum Gasteiger partial charge on any atom is 0.336 e. The van der Waals surface area contributed by atoms with E-state index in [9.17, 15) is 9.59 Å². The van der Waals surface area contributed by atoms with Crippen LogP contribution in [0.1, 0.15) is 44.9 Å². The van der Waals surface area contributed by atoms with Gasteiger partial charge in [-0.3, -0.25) is 9.79 Å². The molecule has 6 nitrogen and oxygen atoms in total. The van der Waals surface area contributed by atoms with Gasteiger partial charge in [-0.15, -0.1) is 11.3 Å². The van der Waals surface area contributed by atoms with Gasteiger partial charge in [0.1, 0.15) is 10.9 Å². The fourth-order valence-corrected chi connectivity index (χ4v) is 4.55. The molecule has 0 N–H and O–H groups in total. The number of hydrogen-bond acceptors (Lipinski definition) is 7. The van der Waals surface area contributed by atoms with Crippen molar-refractivity contribution in [3.8, 4) is 10.6 Å². The lowest BCUT2D eigenvalue weighted by atomic mass is 9.75. The zero-order valence-corrected chi connectivity index (χ0v) is 18.7. The first-order valence-electron chi connectivity index (χ1n) is 9.99. The molecule has 1 aliphatic heterocycles. The Balaban J connectivity index is 2.15. The molecule has 0 fully saturated rings. The summed E-state index contributed by atoms with van der Waals surface area (Å²) in [5.41, 5.74) is 4.30. The van der Waals surface area contributed by atoms with Crippen molar-refractivity contribution in [1.82, 2.24) is 4.98 Å². The summed E-state index contributed by atoms with van der Waals surface area (Å²) in [4.78, 5) is 34.8. The Morgan fingerprint density at radius 1 is 1.10 bits per heavy atom. The molecule has 0 saturated carbocycles. The number of ether oxygens (including phenoxy) is 2. The van der Waals surface area contributed by atoms with E-state index in [1.54, 1.807) is 39.0 Å². The molecule has 3 rings (SSSR count). The van der Waals surface area contributed by atoms with Crippen molar-refractivity contribution in [3.63, 3.8) is 0 Å². The van der Waals surface area contributed by atoms with Gasteiger partial charge in [0.05, 0.1) is 18.8 Å². The standard InChI is InChI=1S/C23H26N2O4S/c1-6-28-22(26)18-14(4)25-15(5)19(23(27)29-7-2)20(18)16-9-8-10-17(11-16)21-24-13(3)12-30-21/h8-12,18,20H,6-7H2,1-5H3. The van der Waals surface area contributed by atoms with Crippen LogP contribution in [-0.2, 0) is 19.1 Å². The van der Waals surface area contributed by atoms with Crippen LogP contribution < -0.4 is 0 Å². The zero-order valence-electron chi connectivity index (χ0n) is 17.9. The molecule has 2 aromatic rings. The number of thiazole rings is 1. The smallest absolute Gasteiger partial charge is 0.336 e. The second-order valence-corrected chi connectivity index (χ2v) is 7.96. The predicted molar refractivity (Wildman–Crippen MR) is 118 cm³/mol. The maximum atomic E-state index is 12.9. The van der Waals surface area contributed by atoms with Crippen molar-refractivity contribution in [1.29, 1.82) is 0 Å². The Morgan fingerprint density at radius 2 is 1.83 bits per heavy atom. The quantitative estimate of drug-likeness (QED) is 0.626. The number of hydrogen-bond donors (Lipinski definition) is 0. The van der Waals surface area contributed by atoms with Crippen LogP contribution in [0.25, 0.3) is 10.6 Å². The van der Waals surface area contributed by atoms with E-state index < -0.39 is 23.8 Å². The van der Waals surface area contributed by atoms with E-state index >= 15 is 0 Å². The Bertz CT molecular complexity index is 1020. The molecular formula is C23H26N2O4S. The first-order valence-corrected chi connectivity index (χ1v) is 10.9. The van der Waals surface area contributed by atoms with Gasteiger partial charge < -0.3 is 9.47 Å². The van der Waals surface area contributed by atoms with Crippen molar-refractivity contribution in [2.45, 2.75) is 40.5 Å². The molecule has 158 valence electrons. The molecule has 2 heterocycles. The van der Waals surface area contributed by atoms with E-state index in [0.717, 1.165) is 21.8 Å². The summed E-state index contributed by atoms with van der Waals surface area (Å²) in [5.74, 6) is -2.09. The number of benzene rings is 1. The van der Waals surface area contributed by atoms with Crippen LogP contribution in [-0.4, -0.2) is 35.8 Å². The van der Waals surface area contributed by atoms with Gasteiger partial charge in [0, 0.05) is 34.0 Å². The SMILES string of the molecule is CCOC(=O)C1=C(C)N=C(C)C(C(=O)OCC)C1c1cccc(-c2nc(C)cs2)c1. The Morgan fingerprint density at radius 3 is 2.47 bits per heavy atom. The summed E-state index contributed by atoms with van der Waals surface area (Å²) in [6, 6.07) is 7.81. The largest absolute Gasteiger partial charge is 0.465 e. The summed E-state index contributed by atoms with van der Waals surface area (Å²) >= 11 is 1.56. The van der Waals surface area contributed by atoms with Gasteiger partial charge in [-0.05, 0) is 46.2 Å². The maximum absolute atomic E-state index is 12.9. The van der Waals surface area contributed by atoms with Crippen molar-refractivity contribution < 1.29 is 19.1 Å². The summed E-state index contributed by atoms with van der Waals surface area (Å²) in [6.07, 6.45) is 0. The number of nitrogens with zero attached hydrogens (tertiary/aromatic N) is 2. The van der Waals surface area contributed by atoms with Crippen LogP contribution in [0.4, 0.5) is 0 Å². The minimum atomic E-state index is -0.693. The highest BCUT2D eigenvalue weighted by Crippen LogP contribution is 2.41. The lowest BCUT2D eigenvalue weighted by Crippen LogP contribution is -2.36. The first-order chi connectivity index (χ1) is 14.4. The molecule has 0 radical (unpaired) electrons. The van der Waals surface area contributed by atoms with Crippen molar-refractivity contribution >= 4 is 29.0 Å². The van der Waals surface area contributed by atoms with E-state index in [-0.39, 0.29) is 13.2 Å². The lowest BCUT2D eigenvalue weighted by molar-refractivity contribution is -0.146. The van der Waals surface area contributed by atoms with Gasteiger partial charge in [0.25, 0.3) is 0 Å². The normalized spacial score (nSPS) is 18.8. The predicted octanol–water partition coefficient (Wildman–Crippen LogP) is 4.69. The van der Waals surface area contributed by atoms with E-state index in [0.29, 0.717) is 17.0 Å². The third-order valence-corrected chi connectivity index (χ3v) is 5.99. The Kier molecular flexibility index (Phi) is 6.82. The molecule has 7 heteroatoms. The molecule has 0 saturated heterocycles. The third kappa shape index (κ3) is 4.36. The molecule has 2 atom stereocenters. The summed E-state index contributed by atoms with van der Waals surface area (Å²) < 4.78 is 10.7. The summed E-state index contributed by atoms with van der Waals surface area (Å²) in [6.45, 7) is 9.55. The number of carbonyl (C=O) groups excluding carboxylic acids is 2. The molecule has 0 bridgehead atoms. The summed E-state index contributed by atoms with van der Waals surface area (Å²) in [5, 5.41) is 2.89. The number of allylic oxidation sites excluding steroid dienone is 1. The van der Waals surface area contributed by atoms with Gasteiger partial charge in [-0.2, -0.15) is 0 Å². The van der Waals surface area contributed by atoms with Crippen LogP contribution in [0.5, 0.6) is 0 Å². The van der Waals surface area contributed by atoms with E-state index in [4.69, 9.17) is 9.47 Å². The molecule has 0 aliphatic carbocycles. The second kappa shape index (κ2) is 9.34. The Hall–Kier alpha value is -2.80. The number of aliphatic imine (C=N–C) groups is 1. The topological polar surface area (TPSA) is 77.8 Å². The molecular weight excluding hydrogens is 400 g/mol. The molecule has 1 aliphatic rings. The number of aryl methyl sites for hydroxylation is 1. The first kappa shape index (κ1) is 21.9. The van der Waals surface area contributed by atoms with Crippen molar-refractivity contribution in [3.05, 3.63) is 52.2 Å². The second-order valence-electron chi connectivity index (χ2n) is 7.10. The fourth-order valence-electron chi connectivity index (χ4n) is 3.76. The molecule has 0 amide bonds. The van der Waals surface area contributed by atoms with Gasteiger partial charge >= 0.3 is 11.9 Å². The van der Waals surface area contributed by atoms with E-state index in [1.165, 1.54) is 0 Å². The van der Waals surface area contributed by atoms with Crippen molar-refractivity contribution in [2.75, 3.05) is 13.2 Å². The van der Waals surface area contributed by atoms with Crippen molar-refractivity contribution in [2.24, 2.45) is 10.9 Å². The highest BCUT2D eigenvalue weighted by atomic mass is 32.1. The number of carbonyl (C=O) groups is 2. The van der Waals surface area contributed by atoms with Gasteiger partial charge in [-0.25, -0.2) is 9.78 Å². The molecule has 0 spiro atoms. The third-order valence-electron chi connectivity index (χ3n) is 4.98. The van der Waals surface area contributed by atoms with Gasteiger partial charge in [0.15, 0.2) is 0 Å². The van der Waals surface area contributed by atoms with Crippen LogP contribution in [0.15, 0.2) is 45.9 Å². The minimum absolute atomic E-state index is 0.244. The van der Waals surface area contributed by atoms with E-state index in [1.807, 2.05) is 36.6 Å². The van der Waals surface area contributed by atoms with Gasteiger partial charge in [-0.1, -0.05) is 18.2 Å². The molecule has 1 aromatic heterocycles. The molecule has 1 aromatic carbocycles. The van der Waals surface area contributed by atoms with Gasteiger partial charge in [0.2, 0.25) is 0 Å². The fraction of sp³-hybridized carbons (Fsp3) is 0.391. The number of esters is 2. The monoisotopic (exact) mass is 426 g/mol. The lowest BCUT2D eigenvalue weighted by Gasteiger charge is -2.31. The molecule has 30 heavy (non-hydrogen) atoms. The van der Waals surface area contributed by atoms with Crippen LogP contribution in [0.2, 0.25) is 0 Å². The average Bonchev–Trinajstić information content (AvgIpc) is 3.14. The Labute approximate surface area is 180 Å². The van der Waals surface area contributed by atoms with E-state index in [2.05, 4.69) is 9.98 Å². The zero-order chi connectivity index (χ0) is 21.8. The number of rotatable bonds is 6. The highest BCUT2D eigenvalue weighted by Gasteiger charge is 2.42.